The van der Waals surface area contributed by atoms with Gasteiger partial charge >= 0.3 is 6.03 Å². The molecule has 2 fully saturated rings. The normalized spacial score (nSPS) is 18.1. The second-order valence-corrected chi connectivity index (χ2v) is 13.0. The first-order valence-electron chi connectivity index (χ1n) is 18.7. The molecule has 0 saturated carbocycles. The summed E-state index contributed by atoms with van der Waals surface area (Å²) in [6.07, 6.45) is 3.34. The molecular formula is C34H66N4O13S. The van der Waals surface area contributed by atoms with E-state index in [4.69, 9.17) is 57.8 Å². The number of thioether (sulfide) groups is 1. The van der Waals surface area contributed by atoms with Crippen molar-refractivity contribution in [3.8, 4) is 0 Å². The second-order valence-electron chi connectivity index (χ2n) is 11.7. The topological polar surface area (TPSA) is 198 Å². The number of carbonyl (C=O) groups is 2. The zero-order valence-corrected chi connectivity index (χ0v) is 31.8. The van der Waals surface area contributed by atoms with Gasteiger partial charge in [0.25, 0.3) is 0 Å². The van der Waals surface area contributed by atoms with Gasteiger partial charge in [0.05, 0.1) is 157 Å². The van der Waals surface area contributed by atoms with Gasteiger partial charge in [-0.2, -0.15) is 11.8 Å². The van der Waals surface area contributed by atoms with E-state index in [-0.39, 0.29) is 24.0 Å². The molecule has 17 nitrogen and oxygen atoms in total. The monoisotopic (exact) mass is 770 g/mol. The minimum Gasteiger partial charge on any atom is -0.378 e. The van der Waals surface area contributed by atoms with Crippen molar-refractivity contribution in [1.29, 1.82) is 0 Å². The summed E-state index contributed by atoms with van der Waals surface area (Å²) in [7, 11) is 0. The quantitative estimate of drug-likeness (QED) is 0.0479. The smallest absolute Gasteiger partial charge is 0.315 e. The largest absolute Gasteiger partial charge is 0.378 e. The lowest BCUT2D eigenvalue weighted by atomic mass is 10.0. The number of fused-ring (bicyclic) bond motifs is 1. The van der Waals surface area contributed by atoms with Crippen molar-refractivity contribution in [1.82, 2.24) is 16.0 Å². The zero-order valence-electron chi connectivity index (χ0n) is 31.0. The van der Waals surface area contributed by atoms with Crippen LogP contribution >= 0.6 is 11.8 Å². The van der Waals surface area contributed by atoms with E-state index in [0.29, 0.717) is 170 Å². The van der Waals surface area contributed by atoms with E-state index in [1.54, 1.807) is 0 Å². The van der Waals surface area contributed by atoms with Crippen molar-refractivity contribution < 1.29 is 61.7 Å². The van der Waals surface area contributed by atoms with Crippen LogP contribution in [0.2, 0.25) is 0 Å². The van der Waals surface area contributed by atoms with Crippen molar-refractivity contribution in [3.63, 3.8) is 0 Å². The van der Waals surface area contributed by atoms with Crippen LogP contribution in [0.4, 0.5) is 4.79 Å². The maximum Gasteiger partial charge on any atom is 0.315 e. The van der Waals surface area contributed by atoms with E-state index in [0.717, 1.165) is 25.0 Å². The van der Waals surface area contributed by atoms with Gasteiger partial charge in [0.2, 0.25) is 5.91 Å². The number of amides is 3. The Hall–Kier alpha value is -1.39. The molecule has 0 radical (unpaired) electrons. The summed E-state index contributed by atoms with van der Waals surface area (Å²) in [5.41, 5.74) is 5.33. The third-order valence-electron chi connectivity index (χ3n) is 7.63. The molecule has 0 aromatic carbocycles. The van der Waals surface area contributed by atoms with E-state index >= 15 is 0 Å². The molecule has 0 aromatic heterocycles. The molecule has 0 unspecified atom stereocenters. The Bertz CT molecular complexity index is 842. The van der Waals surface area contributed by atoms with Crippen LogP contribution < -0.4 is 21.7 Å². The molecule has 52 heavy (non-hydrogen) atoms. The average molecular weight is 771 g/mol. The molecule has 2 aliphatic rings. The minimum absolute atomic E-state index is 0.0433. The Morgan fingerprint density at radius 2 is 0.962 bits per heavy atom. The van der Waals surface area contributed by atoms with Gasteiger partial charge in [0.15, 0.2) is 0 Å². The summed E-state index contributed by atoms with van der Waals surface area (Å²) in [6, 6.07) is 0.407. The molecule has 0 aliphatic carbocycles. The molecule has 0 bridgehead atoms. The SMILES string of the molecule is NCCOCCOCCOCCOCCOCCOCCOCCOCCOCCOCCOCCNC(=O)CCCC[C@@H]1SC[C@@H]2NC(=O)N[C@H]21. The Balaban J connectivity index is 1.15. The van der Waals surface area contributed by atoms with E-state index in [2.05, 4.69) is 16.0 Å². The fourth-order valence-electron chi connectivity index (χ4n) is 5.01. The first-order valence-corrected chi connectivity index (χ1v) is 19.8. The highest BCUT2D eigenvalue weighted by Gasteiger charge is 2.42. The van der Waals surface area contributed by atoms with Gasteiger partial charge in [0.1, 0.15) is 0 Å². The molecule has 18 heteroatoms. The lowest BCUT2D eigenvalue weighted by Gasteiger charge is -2.16. The van der Waals surface area contributed by atoms with Crippen LogP contribution in [0.5, 0.6) is 0 Å². The summed E-state index contributed by atoms with van der Waals surface area (Å²) in [4.78, 5) is 23.5. The minimum atomic E-state index is -0.0606. The molecule has 5 N–H and O–H groups in total. The molecule has 3 amide bonds. The number of nitrogens with one attached hydrogen (secondary N) is 3. The molecule has 306 valence electrons. The van der Waals surface area contributed by atoms with Gasteiger partial charge in [-0.3, -0.25) is 4.79 Å². The molecular weight excluding hydrogens is 704 g/mol. The van der Waals surface area contributed by atoms with E-state index < -0.39 is 0 Å². The van der Waals surface area contributed by atoms with E-state index in [9.17, 15) is 9.59 Å². The number of hydrogen-bond donors (Lipinski definition) is 4. The first kappa shape index (κ1) is 46.8. The van der Waals surface area contributed by atoms with Crippen molar-refractivity contribution in [2.24, 2.45) is 5.73 Å². The first-order chi connectivity index (χ1) is 25.7. The van der Waals surface area contributed by atoms with Gasteiger partial charge < -0.3 is 73.8 Å². The van der Waals surface area contributed by atoms with Crippen molar-refractivity contribution in [3.05, 3.63) is 0 Å². The van der Waals surface area contributed by atoms with Crippen LogP contribution in [0.25, 0.3) is 0 Å². The highest BCUT2D eigenvalue weighted by atomic mass is 32.2. The molecule has 2 heterocycles. The summed E-state index contributed by atoms with van der Waals surface area (Å²) in [5.74, 6) is 1.00. The Morgan fingerprint density at radius 3 is 1.37 bits per heavy atom. The fourth-order valence-corrected chi connectivity index (χ4v) is 6.55. The predicted molar refractivity (Wildman–Crippen MR) is 195 cm³/mol. The molecule has 3 atom stereocenters. The van der Waals surface area contributed by atoms with Gasteiger partial charge in [-0.05, 0) is 12.8 Å². The summed E-state index contributed by atoms with van der Waals surface area (Å²) in [6.45, 7) is 12.0. The number of urea groups is 1. The highest BCUT2D eigenvalue weighted by molar-refractivity contribution is 8.00. The molecule has 0 aromatic rings. The molecule has 0 spiro atoms. The third kappa shape index (κ3) is 27.2. The fraction of sp³-hybridized carbons (Fsp3) is 0.941. The summed E-state index contributed by atoms with van der Waals surface area (Å²) in [5, 5.41) is 9.28. The van der Waals surface area contributed by atoms with Gasteiger partial charge in [-0.1, -0.05) is 6.42 Å². The van der Waals surface area contributed by atoms with Crippen LogP contribution in [0, 0.1) is 0 Å². The Kier molecular flexibility index (Phi) is 31.8. The number of rotatable bonds is 40. The van der Waals surface area contributed by atoms with Crippen LogP contribution in [-0.4, -0.2) is 193 Å². The Labute approximate surface area is 313 Å². The standard InChI is InChI=1S/C34H66N4O13S/c35-5-7-41-9-11-43-13-15-45-17-19-47-21-23-49-25-27-51-28-26-50-24-22-48-20-18-46-16-14-44-12-10-42-8-6-36-32(39)4-2-1-3-31-33-30(29-52-31)37-34(40)38-33/h30-31,33H,1-29,35H2,(H,36,39)(H2,37,38,40)/t30-,31-,33+/m0/s1. The lowest BCUT2D eigenvalue weighted by molar-refractivity contribution is -0.121. The van der Waals surface area contributed by atoms with Gasteiger partial charge in [-0.25, -0.2) is 4.79 Å². The highest BCUT2D eigenvalue weighted by Crippen LogP contribution is 2.33. The van der Waals surface area contributed by atoms with Gasteiger partial charge in [-0.15, -0.1) is 0 Å². The average Bonchev–Trinajstić information content (AvgIpc) is 3.70. The van der Waals surface area contributed by atoms with Crippen LogP contribution in [-0.2, 0) is 56.9 Å². The number of ether oxygens (including phenoxy) is 11. The van der Waals surface area contributed by atoms with Crippen LogP contribution in [0.1, 0.15) is 25.7 Å². The number of unbranched alkanes of at least 4 members (excludes halogenated alkanes) is 1. The maximum atomic E-state index is 12.0. The lowest BCUT2D eigenvalue weighted by Crippen LogP contribution is -2.36. The van der Waals surface area contributed by atoms with Crippen LogP contribution in [0.3, 0.4) is 0 Å². The maximum absolute atomic E-state index is 12.0. The molecule has 2 saturated heterocycles. The predicted octanol–water partition coefficient (Wildman–Crippen LogP) is -0.0303. The third-order valence-corrected chi connectivity index (χ3v) is 9.14. The molecule has 2 aliphatic heterocycles. The van der Waals surface area contributed by atoms with E-state index in [1.165, 1.54) is 0 Å². The molecule has 2 rings (SSSR count). The van der Waals surface area contributed by atoms with Crippen LogP contribution in [0.15, 0.2) is 0 Å². The summed E-state index contributed by atoms with van der Waals surface area (Å²) < 4.78 is 59.9. The number of carbonyl (C=O) groups excluding carboxylic acids is 2. The number of hydrogen-bond acceptors (Lipinski definition) is 15. The van der Waals surface area contributed by atoms with Crippen molar-refractivity contribution in [2.75, 3.05) is 164 Å². The van der Waals surface area contributed by atoms with Crippen molar-refractivity contribution >= 4 is 23.7 Å². The van der Waals surface area contributed by atoms with E-state index in [1.807, 2.05) is 11.8 Å². The second kappa shape index (κ2) is 35.3. The van der Waals surface area contributed by atoms with Gasteiger partial charge in [0, 0.05) is 30.5 Å². The van der Waals surface area contributed by atoms with Crippen molar-refractivity contribution in [2.45, 2.75) is 43.0 Å². The zero-order chi connectivity index (χ0) is 37.0. The Morgan fingerprint density at radius 1 is 0.577 bits per heavy atom. The number of nitrogens with two attached hydrogens (primary N) is 1. The summed E-state index contributed by atoms with van der Waals surface area (Å²) >= 11 is 1.90.